The molecule has 0 aromatic carbocycles. The van der Waals surface area contributed by atoms with Crippen LogP contribution >= 0.6 is 30.8 Å². The molecule has 8 heteroatoms. The Morgan fingerprint density at radius 1 is 1.05 bits per heavy atom. The zero-order valence-corrected chi connectivity index (χ0v) is 15.4. The minimum Gasteiger partial charge on any atom is -0.448 e. The predicted octanol–water partition coefficient (Wildman–Crippen LogP) is 4.55. The molecule has 0 saturated carbocycles. The number of ether oxygens (including phenoxy) is 1. The highest BCUT2D eigenvalue weighted by atomic mass is 35.5. The number of halogens is 2. The van der Waals surface area contributed by atoms with Crippen molar-refractivity contribution in [2.45, 2.75) is 65.0 Å². The molecule has 21 heavy (non-hydrogen) atoms. The van der Waals surface area contributed by atoms with Gasteiger partial charge in [-0.3, -0.25) is 9.36 Å². The molecule has 0 aliphatic carbocycles. The number of hydrogen-bond acceptors (Lipinski definition) is 5. The second-order valence-corrected chi connectivity index (χ2v) is 7.83. The van der Waals surface area contributed by atoms with E-state index in [2.05, 4.69) is 0 Å². The van der Waals surface area contributed by atoms with Crippen molar-refractivity contribution in [3.05, 3.63) is 0 Å². The molecule has 0 N–H and O–H groups in total. The van der Waals surface area contributed by atoms with Gasteiger partial charge in [-0.1, -0.05) is 0 Å². The zero-order chi connectivity index (χ0) is 16.5. The van der Waals surface area contributed by atoms with Crippen LogP contribution in [0.25, 0.3) is 0 Å². The largest absolute Gasteiger partial charge is 0.448 e. The van der Waals surface area contributed by atoms with Crippen LogP contribution in [0.4, 0.5) is 0 Å². The summed E-state index contributed by atoms with van der Waals surface area (Å²) in [6, 6.07) is 0. The highest BCUT2D eigenvalue weighted by Crippen LogP contribution is 2.57. The summed E-state index contributed by atoms with van der Waals surface area (Å²) >= 11 is 11.1. The summed E-state index contributed by atoms with van der Waals surface area (Å²) in [5.41, 5.74) is 0. The molecule has 0 aliphatic heterocycles. The summed E-state index contributed by atoms with van der Waals surface area (Å²) in [7, 11) is -3.59. The number of carbonyl (C=O) groups is 1. The molecule has 0 heterocycles. The van der Waals surface area contributed by atoms with Crippen molar-refractivity contribution in [3.8, 4) is 0 Å². The lowest BCUT2D eigenvalue weighted by molar-refractivity contribution is -0.143. The number of rotatable bonds is 11. The summed E-state index contributed by atoms with van der Waals surface area (Å²) in [6.45, 7) is 6.98. The smallest absolute Gasteiger partial charge is 0.371 e. The first-order chi connectivity index (χ1) is 9.75. The molecule has 0 bridgehead atoms. The normalized spacial score (nSPS) is 13.7. The van der Waals surface area contributed by atoms with Crippen LogP contribution in [0.15, 0.2) is 0 Å². The molecular formula is C13H25Cl2O5P. The molecule has 0 aromatic rings. The first-order valence-electron chi connectivity index (χ1n) is 7.03. The van der Waals surface area contributed by atoms with Crippen LogP contribution in [0.5, 0.6) is 0 Å². The molecule has 0 aromatic heterocycles. The predicted molar refractivity (Wildman–Crippen MR) is 85.2 cm³/mol. The van der Waals surface area contributed by atoms with Gasteiger partial charge in [0.1, 0.15) is 5.88 Å². The summed E-state index contributed by atoms with van der Waals surface area (Å²) < 4.78 is 29.1. The van der Waals surface area contributed by atoms with E-state index in [1.807, 2.05) is 0 Å². The number of alkyl halides is 2. The molecule has 0 unspecified atom stereocenters. The lowest BCUT2D eigenvalue weighted by Crippen LogP contribution is -2.24. The first kappa shape index (κ1) is 21.2. The van der Waals surface area contributed by atoms with Crippen molar-refractivity contribution in [1.29, 1.82) is 0 Å². The van der Waals surface area contributed by atoms with E-state index < -0.39 is 19.4 Å². The molecule has 126 valence electrons. The third kappa shape index (κ3) is 9.04. The fourth-order valence-corrected chi connectivity index (χ4v) is 4.12. The maximum Gasteiger partial charge on any atom is 0.371 e. The molecule has 5 nitrogen and oxygen atoms in total. The Morgan fingerprint density at radius 3 is 1.95 bits per heavy atom. The van der Waals surface area contributed by atoms with Gasteiger partial charge in [0.25, 0.3) is 0 Å². The number of carbonyl (C=O) groups excluding carboxylic acids is 1. The minimum atomic E-state index is -3.59. The Hall–Kier alpha value is 0.200. The van der Waals surface area contributed by atoms with Gasteiger partial charge in [-0.15, -0.1) is 23.2 Å². The van der Waals surface area contributed by atoms with Gasteiger partial charge in [-0.25, -0.2) is 0 Å². The summed E-state index contributed by atoms with van der Waals surface area (Å²) in [5.74, 6) is -1.43. The van der Waals surface area contributed by atoms with Gasteiger partial charge in [0.2, 0.25) is 5.85 Å². The lowest BCUT2D eigenvalue weighted by atomic mass is 10.3. The molecule has 1 atom stereocenters. The van der Waals surface area contributed by atoms with E-state index in [0.29, 0.717) is 18.7 Å². The van der Waals surface area contributed by atoms with E-state index in [-0.39, 0.29) is 18.1 Å². The number of esters is 1. The van der Waals surface area contributed by atoms with E-state index in [9.17, 15) is 9.36 Å². The lowest BCUT2D eigenvalue weighted by Gasteiger charge is -2.29. The maximum atomic E-state index is 13.0. The van der Waals surface area contributed by atoms with Crippen molar-refractivity contribution in [2.24, 2.45) is 0 Å². The van der Waals surface area contributed by atoms with Crippen molar-refractivity contribution in [2.75, 3.05) is 11.8 Å². The molecule has 0 aliphatic rings. The number of unbranched alkanes of at least 4 members (excludes halogenated alkanes) is 1. The van der Waals surface area contributed by atoms with Gasteiger partial charge in [-0.2, -0.15) is 0 Å². The topological polar surface area (TPSA) is 61.8 Å². The van der Waals surface area contributed by atoms with Crippen LogP contribution in [-0.2, 0) is 23.1 Å². The highest BCUT2D eigenvalue weighted by molar-refractivity contribution is 7.54. The Morgan fingerprint density at radius 2 is 1.57 bits per heavy atom. The number of hydrogen-bond donors (Lipinski definition) is 0. The third-order valence-electron chi connectivity index (χ3n) is 2.28. The minimum absolute atomic E-state index is 0.310. The molecule has 0 spiro atoms. The molecule has 0 rings (SSSR count). The average Bonchev–Trinajstić information content (AvgIpc) is 2.35. The average molecular weight is 363 g/mol. The monoisotopic (exact) mass is 362 g/mol. The van der Waals surface area contributed by atoms with Crippen LogP contribution in [-0.4, -0.2) is 35.8 Å². The summed E-state index contributed by atoms with van der Waals surface area (Å²) in [6.07, 6.45) is 1.09. The van der Waals surface area contributed by atoms with E-state index in [4.69, 9.17) is 37.0 Å². The highest BCUT2D eigenvalue weighted by Gasteiger charge is 2.40. The van der Waals surface area contributed by atoms with E-state index in [1.54, 1.807) is 27.7 Å². The van der Waals surface area contributed by atoms with Crippen LogP contribution in [0.3, 0.4) is 0 Å². The fraction of sp³-hybridized carbons (Fsp3) is 0.923. The maximum absolute atomic E-state index is 13.0. The fourth-order valence-electron chi connectivity index (χ4n) is 1.63. The second kappa shape index (κ2) is 10.8. The third-order valence-corrected chi connectivity index (χ3v) is 5.26. The van der Waals surface area contributed by atoms with E-state index >= 15 is 0 Å². The van der Waals surface area contributed by atoms with Crippen LogP contribution in [0.2, 0.25) is 0 Å². The van der Waals surface area contributed by atoms with Gasteiger partial charge < -0.3 is 13.8 Å². The second-order valence-electron chi connectivity index (χ2n) is 5.11. The SMILES string of the molecule is CC(C)OP(=O)(OC(C)C)[C@H](CCCCCl)OC(=O)CCl. The van der Waals surface area contributed by atoms with Crippen molar-refractivity contribution < 1.29 is 23.1 Å². The first-order valence-corrected chi connectivity index (χ1v) is 9.71. The van der Waals surface area contributed by atoms with Crippen molar-refractivity contribution in [1.82, 2.24) is 0 Å². The molecule has 0 saturated heterocycles. The Labute approximate surface area is 137 Å². The van der Waals surface area contributed by atoms with Crippen molar-refractivity contribution in [3.63, 3.8) is 0 Å². The van der Waals surface area contributed by atoms with Crippen molar-refractivity contribution >= 4 is 36.8 Å². The molecule has 0 fully saturated rings. The molecule has 0 radical (unpaired) electrons. The summed E-state index contributed by atoms with van der Waals surface area (Å²) in [5, 5.41) is 0. The van der Waals surface area contributed by atoms with E-state index in [1.165, 1.54) is 0 Å². The van der Waals surface area contributed by atoms with E-state index in [0.717, 1.165) is 6.42 Å². The zero-order valence-electron chi connectivity index (χ0n) is 13.0. The molecule has 0 amide bonds. The van der Waals surface area contributed by atoms with Gasteiger partial charge in [0, 0.05) is 5.88 Å². The molecular weight excluding hydrogens is 338 g/mol. The van der Waals surface area contributed by atoms with Gasteiger partial charge >= 0.3 is 13.6 Å². The van der Waals surface area contributed by atoms with Gasteiger partial charge in [0.15, 0.2) is 0 Å². The quantitative estimate of drug-likeness (QED) is 0.233. The van der Waals surface area contributed by atoms with Crippen LogP contribution in [0, 0.1) is 0 Å². The van der Waals surface area contributed by atoms with Gasteiger partial charge in [0.05, 0.1) is 12.2 Å². The van der Waals surface area contributed by atoms with Crippen LogP contribution in [0.1, 0.15) is 47.0 Å². The summed E-state index contributed by atoms with van der Waals surface area (Å²) in [4.78, 5) is 11.5. The standard InChI is InChI=1S/C13H25Cl2O5P/c1-10(2)19-21(17,20-11(3)4)13(7-5-6-8-14)18-12(16)9-15/h10-11,13H,5-9H2,1-4H3/t13-/m1/s1. The Kier molecular flexibility index (Phi) is 11.0. The Bertz CT molecular complexity index is 335. The van der Waals surface area contributed by atoms with Gasteiger partial charge in [-0.05, 0) is 47.0 Å². The van der Waals surface area contributed by atoms with Crippen LogP contribution < -0.4 is 0 Å². The Balaban J connectivity index is 5.12.